The van der Waals surface area contributed by atoms with E-state index < -0.39 is 4.92 Å². The lowest BCUT2D eigenvalue weighted by Crippen LogP contribution is -2.12. The Morgan fingerprint density at radius 1 is 1.19 bits per heavy atom. The minimum Gasteiger partial charge on any atom is -0.493 e. The van der Waals surface area contributed by atoms with Gasteiger partial charge >= 0.3 is 5.69 Å². The number of ether oxygens (including phenoxy) is 1. The smallest absolute Gasteiger partial charge is 0.315 e. The molecule has 0 atom stereocenters. The first-order valence-electron chi connectivity index (χ1n) is 6.39. The molecule has 0 saturated heterocycles. The second kappa shape index (κ2) is 9.27. The summed E-state index contributed by atoms with van der Waals surface area (Å²) in [5, 5.41) is 34.5. The van der Waals surface area contributed by atoms with Crippen molar-refractivity contribution >= 4 is 29.7 Å². The van der Waals surface area contributed by atoms with Gasteiger partial charge in [-0.25, -0.2) is 0 Å². The molecule has 0 aliphatic heterocycles. The number of thiol groups is 1. The SMILES string of the molecule is O=[N+]([O-])c1c(NCCO)cc(OCCS)cc1NCCO. The Morgan fingerprint density at radius 2 is 1.71 bits per heavy atom. The van der Waals surface area contributed by atoms with Crippen LogP contribution in [0.4, 0.5) is 17.1 Å². The highest BCUT2D eigenvalue weighted by molar-refractivity contribution is 7.80. The summed E-state index contributed by atoms with van der Waals surface area (Å²) in [5.41, 5.74) is 0.326. The number of nitrogens with zero attached hydrogens (tertiary/aromatic N) is 1. The predicted octanol–water partition coefficient (Wildman–Crippen LogP) is 0.712. The molecule has 0 radical (unpaired) electrons. The highest BCUT2D eigenvalue weighted by atomic mass is 32.1. The molecule has 8 nitrogen and oxygen atoms in total. The first kappa shape index (κ1) is 17.3. The van der Waals surface area contributed by atoms with Crippen molar-refractivity contribution in [2.75, 3.05) is 49.3 Å². The monoisotopic (exact) mass is 317 g/mol. The van der Waals surface area contributed by atoms with Gasteiger partial charge in [0.1, 0.15) is 17.1 Å². The van der Waals surface area contributed by atoms with Crippen LogP contribution in [-0.2, 0) is 0 Å². The zero-order valence-corrected chi connectivity index (χ0v) is 12.3. The quantitative estimate of drug-likeness (QED) is 0.245. The van der Waals surface area contributed by atoms with Crippen LogP contribution in [0.2, 0.25) is 0 Å². The highest BCUT2D eigenvalue weighted by Gasteiger charge is 2.21. The van der Waals surface area contributed by atoms with Crippen molar-refractivity contribution in [2.24, 2.45) is 0 Å². The van der Waals surface area contributed by atoms with Crippen LogP contribution in [0.3, 0.4) is 0 Å². The molecular weight excluding hydrogens is 298 g/mol. The molecule has 0 aromatic heterocycles. The molecule has 1 rings (SSSR count). The number of aliphatic hydroxyl groups is 2. The molecule has 0 aliphatic carbocycles. The molecule has 21 heavy (non-hydrogen) atoms. The van der Waals surface area contributed by atoms with Crippen molar-refractivity contribution in [1.82, 2.24) is 0 Å². The van der Waals surface area contributed by atoms with E-state index in [-0.39, 0.29) is 43.4 Å². The van der Waals surface area contributed by atoms with Gasteiger partial charge in [-0.1, -0.05) is 0 Å². The average Bonchev–Trinajstić information content (AvgIpc) is 2.47. The number of rotatable bonds is 10. The normalized spacial score (nSPS) is 10.2. The predicted molar refractivity (Wildman–Crippen MR) is 83.6 cm³/mol. The summed E-state index contributed by atoms with van der Waals surface area (Å²) in [6.45, 7) is 0.406. The van der Waals surface area contributed by atoms with Crippen LogP contribution < -0.4 is 15.4 Å². The van der Waals surface area contributed by atoms with E-state index in [0.29, 0.717) is 18.1 Å². The van der Waals surface area contributed by atoms with E-state index in [1.54, 1.807) is 0 Å². The van der Waals surface area contributed by atoms with Gasteiger partial charge in [0, 0.05) is 31.0 Å². The number of nitrogens with one attached hydrogen (secondary N) is 2. The molecule has 0 spiro atoms. The van der Waals surface area contributed by atoms with E-state index in [0.717, 1.165) is 0 Å². The van der Waals surface area contributed by atoms with Gasteiger partial charge in [-0.15, -0.1) is 0 Å². The molecule has 0 bridgehead atoms. The van der Waals surface area contributed by atoms with E-state index in [9.17, 15) is 10.1 Å². The van der Waals surface area contributed by atoms with Crippen LogP contribution in [0.15, 0.2) is 12.1 Å². The van der Waals surface area contributed by atoms with E-state index in [1.165, 1.54) is 12.1 Å². The lowest BCUT2D eigenvalue weighted by molar-refractivity contribution is -0.383. The van der Waals surface area contributed by atoms with Crippen molar-refractivity contribution in [3.05, 3.63) is 22.2 Å². The van der Waals surface area contributed by atoms with Crippen LogP contribution in [0, 0.1) is 10.1 Å². The lowest BCUT2D eigenvalue weighted by Gasteiger charge is -2.14. The summed E-state index contributed by atoms with van der Waals surface area (Å²) in [7, 11) is 0. The minimum absolute atomic E-state index is 0.154. The van der Waals surface area contributed by atoms with Gasteiger partial charge in [0.05, 0.1) is 24.7 Å². The molecule has 9 heteroatoms. The fourth-order valence-corrected chi connectivity index (χ4v) is 1.79. The van der Waals surface area contributed by atoms with Crippen LogP contribution in [0.5, 0.6) is 5.75 Å². The Hall–Kier alpha value is -1.71. The lowest BCUT2D eigenvalue weighted by atomic mass is 10.2. The first-order valence-corrected chi connectivity index (χ1v) is 7.02. The number of benzene rings is 1. The van der Waals surface area contributed by atoms with Crippen molar-refractivity contribution < 1.29 is 19.9 Å². The number of nitro groups is 1. The molecule has 0 unspecified atom stereocenters. The third-order valence-electron chi connectivity index (χ3n) is 2.48. The maximum Gasteiger partial charge on any atom is 0.315 e. The Labute approximate surface area is 127 Å². The van der Waals surface area contributed by atoms with Crippen molar-refractivity contribution in [1.29, 1.82) is 0 Å². The third-order valence-corrected chi connectivity index (χ3v) is 2.66. The highest BCUT2D eigenvalue weighted by Crippen LogP contribution is 2.37. The molecule has 1 aromatic carbocycles. The average molecular weight is 317 g/mol. The Balaban J connectivity index is 3.17. The molecular formula is C12H19N3O5S. The molecule has 0 amide bonds. The second-order valence-corrected chi connectivity index (χ2v) is 4.44. The van der Waals surface area contributed by atoms with Gasteiger partial charge in [0.25, 0.3) is 0 Å². The third kappa shape index (κ3) is 5.29. The molecule has 0 heterocycles. The van der Waals surface area contributed by atoms with E-state index in [2.05, 4.69) is 23.3 Å². The Kier molecular flexibility index (Phi) is 7.65. The van der Waals surface area contributed by atoms with Gasteiger partial charge in [-0.3, -0.25) is 10.1 Å². The zero-order chi connectivity index (χ0) is 15.7. The topological polar surface area (TPSA) is 117 Å². The molecule has 0 fully saturated rings. The Morgan fingerprint density at radius 3 is 2.10 bits per heavy atom. The summed E-state index contributed by atoms with van der Waals surface area (Å²) in [6.07, 6.45) is 0. The van der Waals surface area contributed by atoms with Crippen molar-refractivity contribution in [3.63, 3.8) is 0 Å². The van der Waals surface area contributed by atoms with Gasteiger partial charge < -0.3 is 25.6 Å². The fourth-order valence-electron chi connectivity index (χ4n) is 1.70. The standard InChI is InChI=1S/C12H19N3O5S/c16-3-1-13-10-7-9(20-5-6-21)8-11(14-2-4-17)12(10)15(18)19/h7-8,13-14,16-17,21H,1-6H2. The summed E-state index contributed by atoms with van der Waals surface area (Å²) >= 11 is 4.04. The van der Waals surface area contributed by atoms with E-state index in [1.807, 2.05) is 0 Å². The summed E-state index contributed by atoms with van der Waals surface area (Å²) in [4.78, 5) is 10.7. The maximum atomic E-state index is 11.2. The largest absolute Gasteiger partial charge is 0.493 e. The fraction of sp³-hybridized carbons (Fsp3) is 0.500. The van der Waals surface area contributed by atoms with E-state index >= 15 is 0 Å². The van der Waals surface area contributed by atoms with Gasteiger partial charge in [0.2, 0.25) is 0 Å². The van der Waals surface area contributed by atoms with Crippen LogP contribution in [-0.4, -0.2) is 53.8 Å². The van der Waals surface area contributed by atoms with Crippen LogP contribution >= 0.6 is 12.6 Å². The number of aliphatic hydroxyl groups excluding tert-OH is 2. The van der Waals surface area contributed by atoms with Gasteiger partial charge in [-0.05, 0) is 0 Å². The summed E-state index contributed by atoms with van der Waals surface area (Å²) in [5.74, 6) is 0.950. The van der Waals surface area contributed by atoms with Crippen LogP contribution in [0.25, 0.3) is 0 Å². The van der Waals surface area contributed by atoms with Gasteiger partial charge in [0.15, 0.2) is 0 Å². The van der Waals surface area contributed by atoms with E-state index in [4.69, 9.17) is 14.9 Å². The first-order chi connectivity index (χ1) is 10.1. The molecule has 4 N–H and O–H groups in total. The number of hydrogen-bond donors (Lipinski definition) is 5. The zero-order valence-electron chi connectivity index (χ0n) is 11.4. The number of anilines is 2. The molecule has 0 aliphatic rings. The van der Waals surface area contributed by atoms with Crippen molar-refractivity contribution in [2.45, 2.75) is 0 Å². The summed E-state index contributed by atoms with van der Waals surface area (Å²) < 4.78 is 5.43. The number of nitro benzene ring substituents is 1. The molecule has 0 saturated carbocycles. The maximum absolute atomic E-state index is 11.2. The minimum atomic E-state index is -0.526. The van der Waals surface area contributed by atoms with Gasteiger partial charge in [-0.2, -0.15) is 12.6 Å². The van der Waals surface area contributed by atoms with Crippen molar-refractivity contribution in [3.8, 4) is 5.75 Å². The Bertz CT molecular complexity index is 443. The molecule has 118 valence electrons. The molecule has 1 aromatic rings. The second-order valence-electron chi connectivity index (χ2n) is 4.00. The number of hydrogen-bond acceptors (Lipinski definition) is 8. The summed E-state index contributed by atoms with van der Waals surface area (Å²) in [6, 6.07) is 3.00. The van der Waals surface area contributed by atoms with Crippen LogP contribution in [0.1, 0.15) is 0 Å².